The molecule has 0 saturated carbocycles. The van der Waals surface area contributed by atoms with Crippen LogP contribution in [0, 0.1) is 0 Å². The van der Waals surface area contributed by atoms with Crippen LogP contribution in [-0.2, 0) is 14.8 Å². The second-order valence-corrected chi connectivity index (χ2v) is 9.61. The third-order valence-corrected chi connectivity index (χ3v) is 5.89. The third-order valence-electron chi connectivity index (χ3n) is 4.28. The lowest BCUT2D eigenvalue weighted by atomic mass is 10.0. The van der Waals surface area contributed by atoms with Gasteiger partial charge in [0.1, 0.15) is 6.04 Å². The van der Waals surface area contributed by atoms with Gasteiger partial charge in [0.2, 0.25) is 15.9 Å². The predicted molar refractivity (Wildman–Crippen MR) is 117 cm³/mol. The first-order chi connectivity index (χ1) is 13.0. The van der Waals surface area contributed by atoms with Crippen molar-refractivity contribution in [1.29, 1.82) is 0 Å². The molecular weight excluding hydrogens is 419 g/mol. The molecule has 2 rings (SSSR count). The number of benzene rings is 2. The first kappa shape index (κ1) is 22.5. The largest absolute Gasteiger partial charge is 0.324 e. The molecule has 5 nitrogen and oxygen atoms in total. The zero-order valence-electron chi connectivity index (χ0n) is 16.2. The topological polar surface area (TPSA) is 66.5 Å². The van der Waals surface area contributed by atoms with Crippen molar-refractivity contribution in [3.05, 3.63) is 58.1 Å². The molecule has 2 aromatic rings. The molecule has 28 heavy (non-hydrogen) atoms. The van der Waals surface area contributed by atoms with Crippen molar-refractivity contribution < 1.29 is 13.2 Å². The van der Waals surface area contributed by atoms with E-state index in [4.69, 9.17) is 23.2 Å². The minimum atomic E-state index is -3.76. The molecule has 0 spiro atoms. The Balaban J connectivity index is 2.36. The summed E-state index contributed by atoms with van der Waals surface area (Å²) in [4.78, 5) is 12.9. The van der Waals surface area contributed by atoms with Gasteiger partial charge in [-0.05, 0) is 48.2 Å². The summed E-state index contributed by atoms with van der Waals surface area (Å²) in [7, 11) is -3.76. The van der Waals surface area contributed by atoms with Crippen LogP contribution in [0.4, 0.5) is 11.4 Å². The van der Waals surface area contributed by atoms with E-state index in [9.17, 15) is 13.2 Å². The highest BCUT2D eigenvalue weighted by Gasteiger charge is 2.32. The van der Waals surface area contributed by atoms with E-state index >= 15 is 0 Å². The average molecular weight is 443 g/mol. The summed E-state index contributed by atoms with van der Waals surface area (Å²) in [5, 5.41) is 3.37. The highest BCUT2D eigenvalue weighted by molar-refractivity contribution is 7.92. The summed E-state index contributed by atoms with van der Waals surface area (Å²) in [5.41, 5.74) is 2.00. The molecule has 152 valence electrons. The van der Waals surface area contributed by atoms with Crippen LogP contribution in [0.2, 0.25) is 10.0 Å². The van der Waals surface area contributed by atoms with Crippen LogP contribution < -0.4 is 9.62 Å². The van der Waals surface area contributed by atoms with Crippen LogP contribution in [-0.4, -0.2) is 26.6 Å². The number of hydrogen-bond acceptors (Lipinski definition) is 3. The molecule has 0 heterocycles. The van der Waals surface area contributed by atoms with Crippen LogP contribution in [0.25, 0.3) is 0 Å². The van der Waals surface area contributed by atoms with Crippen LogP contribution in [0.1, 0.15) is 38.7 Å². The quantitative estimate of drug-likeness (QED) is 0.632. The van der Waals surface area contributed by atoms with E-state index in [-0.39, 0.29) is 22.2 Å². The smallest absolute Gasteiger partial charge is 0.248 e. The number of halogens is 2. The Hall–Kier alpha value is -1.76. The van der Waals surface area contributed by atoms with E-state index in [2.05, 4.69) is 19.2 Å². The number of carbonyl (C=O) groups excluding carboxylic acids is 1. The molecular formula is C20H24Cl2N2O3S. The molecule has 0 aromatic heterocycles. The monoisotopic (exact) mass is 442 g/mol. The summed E-state index contributed by atoms with van der Waals surface area (Å²) < 4.78 is 26.0. The highest BCUT2D eigenvalue weighted by Crippen LogP contribution is 2.30. The standard InChI is InChI=1S/C20H24Cl2N2O3S/c1-5-19(20(25)23-17-8-6-14(7-9-17)13(2)3)24(28(4,26)27)18-11-15(21)10-16(22)12-18/h6-13,19H,5H2,1-4H3,(H,23,25)/t19-/m1/s1. The Labute approximate surface area is 176 Å². The molecule has 0 saturated heterocycles. The van der Waals surface area contributed by atoms with Crippen LogP contribution in [0.15, 0.2) is 42.5 Å². The normalized spacial score (nSPS) is 12.7. The van der Waals surface area contributed by atoms with Gasteiger partial charge in [0, 0.05) is 15.7 Å². The molecule has 0 aliphatic rings. The van der Waals surface area contributed by atoms with Crippen LogP contribution >= 0.6 is 23.2 Å². The third kappa shape index (κ3) is 5.63. The van der Waals surface area contributed by atoms with Gasteiger partial charge >= 0.3 is 0 Å². The van der Waals surface area contributed by atoms with Crippen LogP contribution in [0.5, 0.6) is 0 Å². The second kappa shape index (κ2) is 9.16. The van der Waals surface area contributed by atoms with Gasteiger partial charge < -0.3 is 5.32 Å². The van der Waals surface area contributed by atoms with Gasteiger partial charge in [-0.15, -0.1) is 0 Å². The lowest BCUT2D eigenvalue weighted by Gasteiger charge is -2.30. The number of carbonyl (C=O) groups is 1. The number of hydrogen-bond donors (Lipinski definition) is 1. The molecule has 0 bridgehead atoms. The van der Waals surface area contributed by atoms with Crippen molar-refractivity contribution in [3.8, 4) is 0 Å². The van der Waals surface area contributed by atoms with Crippen LogP contribution in [0.3, 0.4) is 0 Å². The van der Waals surface area contributed by atoms with Gasteiger partial charge in [0.05, 0.1) is 11.9 Å². The molecule has 2 aromatic carbocycles. The lowest BCUT2D eigenvalue weighted by molar-refractivity contribution is -0.117. The zero-order chi connectivity index (χ0) is 21.1. The second-order valence-electron chi connectivity index (χ2n) is 6.88. The Morgan fingerprint density at radius 3 is 2.04 bits per heavy atom. The summed E-state index contributed by atoms with van der Waals surface area (Å²) in [6.45, 7) is 5.91. The van der Waals surface area contributed by atoms with E-state index in [0.717, 1.165) is 16.1 Å². The molecule has 0 fully saturated rings. The van der Waals surface area contributed by atoms with Crippen molar-refractivity contribution in [1.82, 2.24) is 0 Å². The minimum absolute atomic E-state index is 0.247. The maximum Gasteiger partial charge on any atom is 0.248 e. The molecule has 0 radical (unpaired) electrons. The van der Waals surface area contributed by atoms with E-state index in [0.29, 0.717) is 11.6 Å². The maximum atomic E-state index is 12.9. The number of nitrogens with zero attached hydrogens (tertiary/aromatic N) is 1. The molecule has 1 amide bonds. The molecule has 1 N–H and O–H groups in total. The van der Waals surface area contributed by atoms with E-state index in [1.54, 1.807) is 19.1 Å². The van der Waals surface area contributed by atoms with Gasteiger partial charge in [-0.25, -0.2) is 8.42 Å². The van der Waals surface area contributed by atoms with Crippen molar-refractivity contribution in [2.75, 3.05) is 15.9 Å². The summed E-state index contributed by atoms with van der Waals surface area (Å²) in [5.74, 6) is -0.0530. The average Bonchev–Trinajstić information content (AvgIpc) is 2.57. The molecule has 0 aliphatic heterocycles. The summed E-state index contributed by atoms with van der Waals surface area (Å²) in [6, 6.07) is 11.0. The molecule has 0 unspecified atom stereocenters. The lowest BCUT2D eigenvalue weighted by Crippen LogP contribution is -2.47. The molecule has 8 heteroatoms. The number of amides is 1. The van der Waals surface area contributed by atoms with Gasteiger partial charge in [-0.3, -0.25) is 9.10 Å². The SMILES string of the molecule is CC[C@H](C(=O)Nc1ccc(C(C)C)cc1)N(c1cc(Cl)cc(Cl)c1)S(C)(=O)=O. The Morgan fingerprint density at radius 2 is 1.61 bits per heavy atom. The van der Waals surface area contributed by atoms with Gasteiger partial charge in [0.15, 0.2) is 0 Å². The van der Waals surface area contributed by atoms with E-state index in [1.807, 2.05) is 12.1 Å². The molecule has 0 aliphatic carbocycles. The summed E-state index contributed by atoms with van der Waals surface area (Å²) >= 11 is 12.1. The number of sulfonamides is 1. The fraction of sp³-hybridized carbons (Fsp3) is 0.350. The van der Waals surface area contributed by atoms with Crippen molar-refractivity contribution in [3.63, 3.8) is 0 Å². The fourth-order valence-electron chi connectivity index (χ4n) is 2.90. The van der Waals surface area contributed by atoms with Crippen molar-refractivity contribution in [2.24, 2.45) is 0 Å². The fourth-order valence-corrected chi connectivity index (χ4v) is 4.61. The van der Waals surface area contributed by atoms with Crippen molar-refractivity contribution in [2.45, 2.75) is 39.2 Å². The van der Waals surface area contributed by atoms with E-state index in [1.165, 1.54) is 18.2 Å². The first-order valence-electron chi connectivity index (χ1n) is 8.89. The Kier molecular flexibility index (Phi) is 7.37. The Morgan fingerprint density at radius 1 is 1.07 bits per heavy atom. The maximum absolute atomic E-state index is 12.9. The van der Waals surface area contributed by atoms with Crippen molar-refractivity contribution >= 4 is 50.5 Å². The van der Waals surface area contributed by atoms with Gasteiger partial charge in [0.25, 0.3) is 0 Å². The Bertz CT molecular complexity index is 924. The van der Waals surface area contributed by atoms with Gasteiger partial charge in [-0.2, -0.15) is 0 Å². The van der Waals surface area contributed by atoms with Gasteiger partial charge in [-0.1, -0.05) is 56.1 Å². The number of anilines is 2. The highest BCUT2D eigenvalue weighted by atomic mass is 35.5. The minimum Gasteiger partial charge on any atom is -0.324 e. The molecule has 1 atom stereocenters. The number of rotatable bonds is 7. The first-order valence-corrected chi connectivity index (χ1v) is 11.5. The predicted octanol–water partition coefficient (Wildman–Crippen LogP) is 5.30. The summed E-state index contributed by atoms with van der Waals surface area (Å²) in [6.07, 6.45) is 1.32. The number of nitrogens with one attached hydrogen (secondary N) is 1. The zero-order valence-corrected chi connectivity index (χ0v) is 18.6. The van der Waals surface area contributed by atoms with E-state index < -0.39 is 22.0 Å².